The molecule has 0 unspecified atom stereocenters. The number of carbonyl (C=O) groups is 1. The molecule has 0 fully saturated rings. The summed E-state index contributed by atoms with van der Waals surface area (Å²) in [7, 11) is 0. The van der Waals surface area contributed by atoms with E-state index >= 15 is 0 Å². The molecule has 0 bridgehead atoms. The Morgan fingerprint density at radius 2 is 1.50 bits per heavy atom. The van der Waals surface area contributed by atoms with Crippen LogP contribution in [0.25, 0.3) is 0 Å². The Morgan fingerprint density at radius 3 is 2.08 bits per heavy atom. The van der Waals surface area contributed by atoms with E-state index in [-0.39, 0.29) is 6.42 Å². The van der Waals surface area contributed by atoms with Crippen molar-refractivity contribution in [3.05, 3.63) is 58.4 Å². The highest BCUT2D eigenvalue weighted by molar-refractivity contribution is 7.99. The van der Waals surface area contributed by atoms with Crippen molar-refractivity contribution in [2.24, 2.45) is 0 Å². The van der Waals surface area contributed by atoms with Crippen LogP contribution in [0, 0.1) is 42.9 Å². The highest BCUT2D eigenvalue weighted by Gasteiger charge is 2.25. The monoisotopic (exact) mass is 390 g/mol. The van der Waals surface area contributed by atoms with Gasteiger partial charge in [0, 0.05) is 17.1 Å². The molecular weight excluding hydrogens is 375 g/mol. The number of rotatable bonds is 6. The summed E-state index contributed by atoms with van der Waals surface area (Å²) < 4.78 is 66.0. The van der Waals surface area contributed by atoms with Gasteiger partial charge < -0.3 is 0 Å². The second-order valence-corrected chi connectivity index (χ2v) is 6.63. The first kappa shape index (κ1) is 20.0. The number of hydrogen-bond donors (Lipinski definition) is 2. The molecule has 2 rings (SSSR count). The van der Waals surface area contributed by atoms with Gasteiger partial charge in [-0.25, -0.2) is 22.0 Å². The highest BCUT2D eigenvalue weighted by atomic mass is 32.2. The number of amides is 1. The van der Waals surface area contributed by atoms with Crippen LogP contribution in [-0.2, 0) is 4.79 Å². The van der Waals surface area contributed by atoms with Crippen LogP contribution in [0.15, 0.2) is 23.1 Å². The Labute approximate surface area is 150 Å². The molecule has 0 radical (unpaired) electrons. The van der Waals surface area contributed by atoms with Crippen molar-refractivity contribution in [1.29, 1.82) is 0 Å². The summed E-state index contributed by atoms with van der Waals surface area (Å²) in [5, 5.41) is 0. The van der Waals surface area contributed by atoms with Crippen LogP contribution in [0.3, 0.4) is 0 Å². The van der Waals surface area contributed by atoms with E-state index in [9.17, 15) is 26.7 Å². The molecule has 0 spiro atoms. The Morgan fingerprint density at radius 1 is 0.923 bits per heavy atom. The SMILES string of the molecule is Cc1ccc(SCCC(=O)NNc2c(F)c(F)c(F)c(F)c2F)cc1C. The maximum absolute atomic E-state index is 13.5. The zero-order chi connectivity index (χ0) is 19.4. The highest BCUT2D eigenvalue weighted by Crippen LogP contribution is 2.26. The van der Waals surface area contributed by atoms with Crippen molar-refractivity contribution >= 4 is 23.4 Å². The number of thioether (sulfide) groups is 1. The summed E-state index contributed by atoms with van der Waals surface area (Å²) in [6.45, 7) is 3.93. The summed E-state index contributed by atoms with van der Waals surface area (Å²) in [5.41, 5.74) is 4.61. The van der Waals surface area contributed by atoms with Crippen LogP contribution >= 0.6 is 11.8 Å². The number of nitrogens with one attached hydrogen (secondary N) is 2. The van der Waals surface area contributed by atoms with E-state index in [0.29, 0.717) is 5.75 Å². The standard InChI is InChI=1S/C17H15F5N2OS/c1-8-3-4-10(7-9(8)2)26-6-5-11(25)23-24-17-15(21)13(19)12(18)14(20)16(17)22/h3-4,7,24H,5-6H2,1-2H3,(H,23,25). The molecule has 0 aliphatic heterocycles. The molecule has 2 aromatic rings. The van der Waals surface area contributed by atoms with E-state index in [1.165, 1.54) is 11.8 Å². The summed E-state index contributed by atoms with van der Waals surface area (Å²) in [5.74, 6) is -10.8. The summed E-state index contributed by atoms with van der Waals surface area (Å²) in [6, 6.07) is 5.81. The maximum atomic E-state index is 13.5. The lowest BCUT2D eigenvalue weighted by atomic mass is 10.1. The number of hydrogen-bond acceptors (Lipinski definition) is 3. The number of carbonyl (C=O) groups excluding carboxylic acids is 1. The third-order valence-corrected chi connectivity index (χ3v) is 4.61. The fourth-order valence-electron chi connectivity index (χ4n) is 1.97. The Balaban J connectivity index is 1.90. The van der Waals surface area contributed by atoms with Gasteiger partial charge >= 0.3 is 0 Å². The van der Waals surface area contributed by atoms with E-state index < -0.39 is 40.7 Å². The van der Waals surface area contributed by atoms with Gasteiger partial charge in [0.15, 0.2) is 23.3 Å². The molecule has 1 amide bonds. The maximum Gasteiger partial charge on any atom is 0.239 e. The van der Waals surface area contributed by atoms with Crippen LogP contribution in [0.2, 0.25) is 0 Å². The molecule has 0 atom stereocenters. The normalized spacial score (nSPS) is 10.7. The Hall–Kier alpha value is -2.29. The van der Waals surface area contributed by atoms with E-state index in [1.54, 1.807) is 5.43 Å². The minimum absolute atomic E-state index is 0.0278. The van der Waals surface area contributed by atoms with Gasteiger partial charge in [-0.2, -0.15) is 0 Å². The third-order valence-electron chi connectivity index (χ3n) is 3.61. The second-order valence-electron chi connectivity index (χ2n) is 5.46. The predicted molar refractivity (Wildman–Crippen MR) is 89.3 cm³/mol. The summed E-state index contributed by atoms with van der Waals surface area (Å²) >= 11 is 1.40. The smallest absolute Gasteiger partial charge is 0.239 e. The van der Waals surface area contributed by atoms with Gasteiger partial charge in [-0.05, 0) is 37.1 Å². The fraction of sp³-hybridized carbons (Fsp3) is 0.235. The topological polar surface area (TPSA) is 41.1 Å². The fourth-order valence-corrected chi connectivity index (χ4v) is 2.92. The van der Waals surface area contributed by atoms with Gasteiger partial charge in [-0.1, -0.05) is 6.07 Å². The zero-order valence-electron chi connectivity index (χ0n) is 13.9. The van der Waals surface area contributed by atoms with E-state index in [2.05, 4.69) is 0 Å². The van der Waals surface area contributed by atoms with Crippen LogP contribution in [0.5, 0.6) is 0 Å². The third kappa shape index (κ3) is 4.46. The minimum atomic E-state index is -2.26. The molecule has 9 heteroatoms. The van der Waals surface area contributed by atoms with Crippen molar-refractivity contribution in [2.45, 2.75) is 25.2 Å². The lowest BCUT2D eigenvalue weighted by Crippen LogP contribution is -2.31. The van der Waals surface area contributed by atoms with Crippen LogP contribution in [0.1, 0.15) is 17.5 Å². The molecule has 0 heterocycles. The molecule has 2 aromatic carbocycles. The van der Waals surface area contributed by atoms with E-state index in [0.717, 1.165) is 16.0 Å². The van der Waals surface area contributed by atoms with E-state index in [4.69, 9.17) is 0 Å². The zero-order valence-corrected chi connectivity index (χ0v) is 14.7. The number of benzene rings is 2. The van der Waals surface area contributed by atoms with Gasteiger partial charge in [0.25, 0.3) is 0 Å². The lowest BCUT2D eigenvalue weighted by molar-refractivity contribution is -0.120. The van der Waals surface area contributed by atoms with Crippen molar-refractivity contribution in [2.75, 3.05) is 11.2 Å². The van der Waals surface area contributed by atoms with Crippen LogP contribution < -0.4 is 10.9 Å². The van der Waals surface area contributed by atoms with E-state index in [1.807, 2.05) is 37.5 Å². The van der Waals surface area contributed by atoms with Gasteiger partial charge in [-0.3, -0.25) is 15.6 Å². The lowest BCUT2D eigenvalue weighted by Gasteiger charge is -2.12. The molecule has 26 heavy (non-hydrogen) atoms. The van der Waals surface area contributed by atoms with Crippen molar-refractivity contribution < 1.29 is 26.7 Å². The van der Waals surface area contributed by atoms with Crippen LogP contribution in [0.4, 0.5) is 27.6 Å². The van der Waals surface area contributed by atoms with Gasteiger partial charge in [0.05, 0.1) is 0 Å². The van der Waals surface area contributed by atoms with Crippen molar-refractivity contribution in [3.63, 3.8) is 0 Å². The molecule has 140 valence electrons. The molecule has 0 saturated carbocycles. The molecule has 0 aliphatic carbocycles. The first-order chi connectivity index (χ1) is 12.2. The minimum Gasteiger partial charge on any atom is -0.293 e. The molecule has 3 nitrogen and oxygen atoms in total. The first-order valence-corrected chi connectivity index (χ1v) is 8.47. The quantitative estimate of drug-likeness (QED) is 0.249. The number of hydrazine groups is 1. The summed E-state index contributed by atoms with van der Waals surface area (Å²) in [6.07, 6.45) is -0.0278. The summed E-state index contributed by atoms with van der Waals surface area (Å²) in [4.78, 5) is 12.6. The van der Waals surface area contributed by atoms with Crippen molar-refractivity contribution in [3.8, 4) is 0 Å². The van der Waals surface area contributed by atoms with Gasteiger partial charge in [-0.15, -0.1) is 11.8 Å². The average Bonchev–Trinajstić information content (AvgIpc) is 2.61. The molecule has 0 aliphatic rings. The van der Waals surface area contributed by atoms with Crippen molar-refractivity contribution in [1.82, 2.24) is 5.43 Å². The Bertz CT molecular complexity index is 815. The van der Waals surface area contributed by atoms with Gasteiger partial charge in [0.2, 0.25) is 11.7 Å². The Kier molecular flexibility index (Phi) is 6.47. The van der Waals surface area contributed by atoms with Crippen LogP contribution in [-0.4, -0.2) is 11.7 Å². The molecule has 2 N–H and O–H groups in total. The largest absolute Gasteiger partial charge is 0.293 e. The number of halogens is 5. The molecule has 0 saturated heterocycles. The van der Waals surface area contributed by atoms with Gasteiger partial charge in [0.1, 0.15) is 5.69 Å². The number of anilines is 1. The molecular formula is C17H15F5N2OS. The molecule has 0 aromatic heterocycles. The second kappa shape index (κ2) is 8.39. The first-order valence-electron chi connectivity index (χ1n) is 7.48. The number of aryl methyl sites for hydroxylation is 2. The predicted octanol–water partition coefficient (Wildman–Crippen LogP) is 4.62. The average molecular weight is 390 g/mol.